The van der Waals surface area contributed by atoms with Crippen LogP contribution in [0.5, 0.6) is 0 Å². The van der Waals surface area contributed by atoms with Crippen LogP contribution in [0.3, 0.4) is 0 Å². The second-order valence-electron chi connectivity index (χ2n) is 12.1. The van der Waals surface area contributed by atoms with E-state index in [1.165, 1.54) is 6.33 Å². The normalized spacial score (nSPS) is 22.9. The van der Waals surface area contributed by atoms with Crippen molar-refractivity contribution in [3.8, 4) is 0 Å². The smallest absolute Gasteiger partial charge is 0.207 e. The van der Waals surface area contributed by atoms with Gasteiger partial charge in [0.15, 0.2) is 39.8 Å². The minimum absolute atomic E-state index is 0.0562. The first-order valence-corrected chi connectivity index (χ1v) is 17.8. The maximum atomic E-state index is 6.85. The summed E-state index contributed by atoms with van der Waals surface area (Å²) in [6, 6.07) is 0. The largest absolute Gasteiger partial charge is 0.414 e. The maximum Gasteiger partial charge on any atom is 0.207 e. The minimum Gasteiger partial charge on any atom is -0.414 e. The number of nitrogen functional groups attached to an aromatic ring is 1. The summed E-state index contributed by atoms with van der Waals surface area (Å²) in [6.45, 7) is 22.9. The number of halogens is 1. The summed E-state index contributed by atoms with van der Waals surface area (Å²) in [4.78, 5) is 12.9. The van der Waals surface area contributed by atoms with Gasteiger partial charge >= 0.3 is 0 Å². The fourth-order valence-corrected chi connectivity index (χ4v) is 5.97. The van der Waals surface area contributed by atoms with Crippen LogP contribution in [0, 0.1) is 0 Å². The molecule has 8 nitrogen and oxygen atoms in total. The number of hydrogen-bond donors (Lipinski definition) is 1. The molecule has 3 heterocycles. The van der Waals surface area contributed by atoms with Crippen molar-refractivity contribution in [2.45, 2.75) is 103 Å². The van der Waals surface area contributed by atoms with Gasteiger partial charge in [-0.25, -0.2) is 15.0 Å². The second kappa shape index (κ2) is 8.87. The first-order valence-electron chi connectivity index (χ1n) is 11.6. The molecule has 1 aliphatic heterocycles. The Hall–Kier alpha value is -1.05. The monoisotopic (exact) mass is 513 g/mol. The van der Waals surface area contributed by atoms with E-state index in [0.29, 0.717) is 30.0 Å². The minimum atomic E-state index is -2.09. The molecule has 3 rings (SSSR count). The molecule has 0 amide bonds. The first-order chi connectivity index (χ1) is 14.9. The topological polar surface area (TPSA) is 97.3 Å². The molecule has 11 heteroatoms. The highest BCUT2D eigenvalue weighted by Gasteiger charge is 2.47. The second-order valence-corrected chi connectivity index (χ2v) is 22.0. The van der Waals surface area contributed by atoms with Crippen LogP contribution in [0.4, 0.5) is 5.82 Å². The maximum absolute atomic E-state index is 6.85. The molecule has 0 saturated carbocycles. The number of aromatic nitrogens is 4. The molecule has 2 aromatic rings. The summed E-state index contributed by atoms with van der Waals surface area (Å²) in [5.74, 6) is 0.290. The number of anilines is 1. The van der Waals surface area contributed by atoms with Gasteiger partial charge in [-0.15, -0.1) is 0 Å². The Morgan fingerprint density at radius 3 is 2.27 bits per heavy atom. The van der Waals surface area contributed by atoms with Gasteiger partial charge in [-0.2, -0.15) is 0 Å². The lowest BCUT2D eigenvalue weighted by atomic mass is 10.2. The Kier molecular flexibility index (Phi) is 7.14. The highest BCUT2D eigenvalue weighted by atomic mass is 35.5. The third-order valence-corrected chi connectivity index (χ3v) is 16.8. The zero-order valence-electron chi connectivity index (χ0n) is 21.7. The SMILES string of the molecule is CC(C)(C)[Si](C)(C)OC[C@@H]1C[C@@H](O[Si](C)(C)C(C)(C)C)[C@H](n2c(Cl)nc3c(N)ncnc32)O1. The Bertz CT molecular complexity index is 1000. The van der Waals surface area contributed by atoms with E-state index in [0.717, 1.165) is 0 Å². The number of hydrogen-bond acceptors (Lipinski definition) is 7. The van der Waals surface area contributed by atoms with E-state index in [1.807, 2.05) is 0 Å². The van der Waals surface area contributed by atoms with E-state index < -0.39 is 22.9 Å². The lowest BCUT2D eigenvalue weighted by Gasteiger charge is -2.39. The molecule has 3 atom stereocenters. The molecule has 1 fully saturated rings. The van der Waals surface area contributed by atoms with Crippen molar-refractivity contribution in [2.75, 3.05) is 12.3 Å². The zero-order valence-corrected chi connectivity index (χ0v) is 24.4. The molecule has 0 aliphatic carbocycles. The standard InChI is InChI=1S/C22H40ClN5O3Si2/c1-21(2,3)32(7,8)29-12-14-11-15(31-33(9,10)22(4,5)6)19(30-14)28-18-16(27-20(28)23)17(24)25-13-26-18/h13-15,19H,11-12H2,1-10H3,(H2,24,25,26)/t14-,15+,19+/m0/s1. The van der Waals surface area contributed by atoms with Crippen molar-refractivity contribution in [3.05, 3.63) is 11.6 Å². The summed E-state index contributed by atoms with van der Waals surface area (Å²) in [6.07, 6.45) is 1.33. The summed E-state index contributed by atoms with van der Waals surface area (Å²) in [7, 11) is -4.00. The summed E-state index contributed by atoms with van der Waals surface area (Å²) >= 11 is 6.58. The molecule has 1 aliphatic rings. The first kappa shape index (κ1) is 26.6. The molecule has 2 N–H and O–H groups in total. The van der Waals surface area contributed by atoms with Crippen molar-refractivity contribution < 1.29 is 13.6 Å². The van der Waals surface area contributed by atoms with E-state index >= 15 is 0 Å². The van der Waals surface area contributed by atoms with E-state index in [9.17, 15) is 0 Å². The van der Waals surface area contributed by atoms with Crippen LogP contribution in [0.15, 0.2) is 6.33 Å². The van der Waals surface area contributed by atoms with Crippen LogP contribution >= 0.6 is 11.6 Å². The Morgan fingerprint density at radius 2 is 1.70 bits per heavy atom. The van der Waals surface area contributed by atoms with Gasteiger partial charge in [-0.3, -0.25) is 4.57 Å². The zero-order chi connectivity index (χ0) is 25.0. The fraction of sp³-hybridized carbons (Fsp3) is 0.773. The number of nitrogens with zero attached hydrogens (tertiary/aromatic N) is 4. The van der Waals surface area contributed by atoms with Crippen molar-refractivity contribution >= 4 is 45.2 Å². The third-order valence-electron chi connectivity index (χ3n) is 7.55. The van der Waals surface area contributed by atoms with Crippen LogP contribution in [0.1, 0.15) is 54.2 Å². The predicted molar refractivity (Wildman–Crippen MR) is 138 cm³/mol. The van der Waals surface area contributed by atoms with Gasteiger partial charge in [-0.05, 0) is 47.9 Å². The molecular weight excluding hydrogens is 474 g/mol. The van der Waals surface area contributed by atoms with Gasteiger partial charge in [-0.1, -0.05) is 41.5 Å². The molecule has 0 spiro atoms. The molecule has 186 valence electrons. The van der Waals surface area contributed by atoms with E-state index in [2.05, 4.69) is 82.7 Å². The number of imidazole rings is 1. The molecule has 1 saturated heterocycles. The van der Waals surface area contributed by atoms with Crippen molar-refractivity contribution in [1.29, 1.82) is 0 Å². The molecule has 0 bridgehead atoms. The van der Waals surface area contributed by atoms with E-state index in [4.69, 9.17) is 30.9 Å². The lowest BCUT2D eigenvalue weighted by Crippen LogP contribution is -2.45. The highest BCUT2D eigenvalue weighted by Crippen LogP contribution is 2.44. The van der Waals surface area contributed by atoms with E-state index in [-0.39, 0.29) is 27.6 Å². The molecule has 0 radical (unpaired) electrons. The van der Waals surface area contributed by atoms with Gasteiger partial charge in [0, 0.05) is 6.42 Å². The number of ether oxygens (including phenoxy) is 1. The summed E-state index contributed by atoms with van der Waals surface area (Å²) in [5.41, 5.74) is 7.05. The van der Waals surface area contributed by atoms with Crippen molar-refractivity contribution in [1.82, 2.24) is 19.5 Å². The van der Waals surface area contributed by atoms with Gasteiger partial charge in [0.25, 0.3) is 0 Å². The average molecular weight is 514 g/mol. The number of rotatable bonds is 6. The quantitative estimate of drug-likeness (QED) is 0.387. The lowest BCUT2D eigenvalue weighted by molar-refractivity contribution is -0.0441. The van der Waals surface area contributed by atoms with Crippen molar-refractivity contribution in [3.63, 3.8) is 0 Å². The Labute approximate surface area is 204 Å². The molecule has 33 heavy (non-hydrogen) atoms. The molecule has 2 aromatic heterocycles. The fourth-order valence-electron chi connectivity index (χ4n) is 3.35. The number of nitrogens with two attached hydrogens (primary N) is 1. The third kappa shape index (κ3) is 5.30. The van der Waals surface area contributed by atoms with Gasteiger partial charge < -0.3 is 19.3 Å². The summed E-state index contributed by atoms with van der Waals surface area (Å²) < 4.78 is 21.7. The van der Waals surface area contributed by atoms with Gasteiger partial charge in [0.2, 0.25) is 5.28 Å². The van der Waals surface area contributed by atoms with Crippen molar-refractivity contribution in [2.24, 2.45) is 0 Å². The van der Waals surface area contributed by atoms with Crippen LogP contribution in [0.25, 0.3) is 11.2 Å². The molecule has 0 unspecified atom stereocenters. The van der Waals surface area contributed by atoms with Gasteiger partial charge in [0.1, 0.15) is 6.33 Å². The highest BCUT2D eigenvalue weighted by molar-refractivity contribution is 6.74. The van der Waals surface area contributed by atoms with Crippen LogP contribution < -0.4 is 5.73 Å². The van der Waals surface area contributed by atoms with Crippen LogP contribution in [-0.2, 0) is 13.6 Å². The predicted octanol–water partition coefficient (Wildman–Crippen LogP) is 5.76. The average Bonchev–Trinajstić information content (AvgIpc) is 3.18. The van der Waals surface area contributed by atoms with Gasteiger partial charge in [0.05, 0.1) is 18.8 Å². The molecule has 0 aromatic carbocycles. The van der Waals surface area contributed by atoms with E-state index in [1.54, 1.807) is 4.57 Å². The van der Waals surface area contributed by atoms with Crippen LogP contribution in [-0.4, -0.2) is 55.0 Å². The van der Waals surface area contributed by atoms with Crippen LogP contribution in [0.2, 0.25) is 41.5 Å². The summed E-state index contributed by atoms with van der Waals surface area (Å²) in [5, 5.41) is 0.443. The number of fused-ring (bicyclic) bond motifs is 1. The Balaban J connectivity index is 1.94. The Morgan fingerprint density at radius 1 is 1.09 bits per heavy atom. The molecular formula is C22H40ClN5O3Si2.